The molecular weight excluding hydrogens is 454 g/mol. The van der Waals surface area contributed by atoms with Crippen molar-refractivity contribution in [2.24, 2.45) is 0 Å². The molecule has 1 aliphatic rings. The lowest BCUT2D eigenvalue weighted by atomic mass is 9.93. The number of nitrogens with zero attached hydrogens (tertiary/aromatic N) is 3. The van der Waals surface area contributed by atoms with Crippen LogP contribution in [-0.4, -0.2) is 34.9 Å². The molecule has 5 rings (SSSR count). The number of hydrogen-bond acceptors (Lipinski definition) is 6. The highest BCUT2D eigenvalue weighted by Crippen LogP contribution is 2.38. The van der Waals surface area contributed by atoms with Gasteiger partial charge in [0.15, 0.2) is 0 Å². The van der Waals surface area contributed by atoms with Crippen LogP contribution in [0.3, 0.4) is 0 Å². The maximum Gasteiger partial charge on any atom is 0.250 e. The van der Waals surface area contributed by atoms with E-state index >= 15 is 0 Å². The SMILES string of the molecule is COc1ccc(/C=C/C(=O)Nc2nc3n(n2)[C@H](c2ccc(OC)cc2)C[C@@H](c2ccccc2)N3)cc1. The van der Waals surface area contributed by atoms with Gasteiger partial charge in [0.05, 0.1) is 26.3 Å². The third-order valence-electron chi connectivity index (χ3n) is 6.17. The van der Waals surface area contributed by atoms with E-state index in [4.69, 9.17) is 9.47 Å². The molecule has 1 amide bonds. The van der Waals surface area contributed by atoms with Crippen molar-refractivity contribution in [3.05, 3.63) is 102 Å². The number of hydrogen-bond donors (Lipinski definition) is 2. The Morgan fingerprint density at radius 3 is 2.28 bits per heavy atom. The number of aromatic nitrogens is 3. The lowest BCUT2D eigenvalue weighted by molar-refractivity contribution is -0.111. The quantitative estimate of drug-likeness (QED) is 0.357. The van der Waals surface area contributed by atoms with Crippen LogP contribution < -0.4 is 20.1 Å². The minimum absolute atomic E-state index is 0.0496. The number of carbonyl (C=O) groups is 1. The lowest BCUT2D eigenvalue weighted by Crippen LogP contribution is -2.28. The molecule has 0 unspecified atom stereocenters. The van der Waals surface area contributed by atoms with Gasteiger partial charge in [-0.05, 0) is 53.5 Å². The van der Waals surface area contributed by atoms with Gasteiger partial charge in [0.1, 0.15) is 11.5 Å². The van der Waals surface area contributed by atoms with Crippen LogP contribution in [0.4, 0.5) is 11.9 Å². The molecule has 4 aromatic rings. The van der Waals surface area contributed by atoms with Crippen molar-refractivity contribution >= 4 is 23.9 Å². The normalized spacial score (nSPS) is 16.7. The number of ether oxygens (including phenoxy) is 2. The Hall–Kier alpha value is -4.59. The number of nitrogens with one attached hydrogen (secondary N) is 2. The van der Waals surface area contributed by atoms with Gasteiger partial charge in [-0.3, -0.25) is 10.1 Å². The number of benzene rings is 3. The summed E-state index contributed by atoms with van der Waals surface area (Å²) in [6.45, 7) is 0. The van der Waals surface area contributed by atoms with Crippen LogP contribution in [0.1, 0.15) is 35.2 Å². The van der Waals surface area contributed by atoms with E-state index in [0.717, 1.165) is 29.0 Å². The Balaban J connectivity index is 1.38. The molecule has 0 aliphatic carbocycles. The van der Waals surface area contributed by atoms with Crippen LogP contribution in [-0.2, 0) is 4.79 Å². The largest absolute Gasteiger partial charge is 0.497 e. The highest BCUT2D eigenvalue weighted by Gasteiger charge is 2.31. The molecule has 0 saturated carbocycles. The molecule has 0 spiro atoms. The average molecular weight is 482 g/mol. The first-order chi connectivity index (χ1) is 17.6. The molecule has 2 heterocycles. The second-order valence-corrected chi connectivity index (χ2v) is 8.43. The lowest BCUT2D eigenvalue weighted by Gasteiger charge is -2.31. The summed E-state index contributed by atoms with van der Waals surface area (Å²) in [4.78, 5) is 17.2. The Morgan fingerprint density at radius 1 is 0.944 bits per heavy atom. The molecule has 3 aromatic carbocycles. The molecule has 0 saturated heterocycles. The van der Waals surface area contributed by atoms with Gasteiger partial charge >= 0.3 is 0 Å². The van der Waals surface area contributed by atoms with Crippen molar-refractivity contribution in [3.8, 4) is 11.5 Å². The van der Waals surface area contributed by atoms with Crippen LogP contribution in [0.5, 0.6) is 11.5 Å². The van der Waals surface area contributed by atoms with Crippen LogP contribution in [0.2, 0.25) is 0 Å². The predicted octanol–water partition coefficient (Wildman–Crippen LogP) is 5.09. The monoisotopic (exact) mass is 481 g/mol. The van der Waals surface area contributed by atoms with Crippen molar-refractivity contribution in [2.75, 3.05) is 24.9 Å². The Bertz CT molecular complexity index is 1350. The first-order valence-electron chi connectivity index (χ1n) is 11.7. The molecule has 1 aliphatic heterocycles. The zero-order valence-electron chi connectivity index (χ0n) is 20.1. The van der Waals surface area contributed by atoms with Crippen LogP contribution in [0.25, 0.3) is 6.08 Å². The maximum absolute atomic E-state index is 12.6. The summed E-state index contributed by atoms with van der Waals surface area (Å²) in [5.41, 5.74) is 3.13. The second-order valence-electron chi connectivity index (χ2n) is 8.43. The molecule has 8 nitrogen and oxygen atoms in total. The minimum atomic E-state index is -0.311. The fourth-order valence-electron chi connectivity index (χ4n) is 4.28. The Morgan fingerprint density at radius 2 is 1.61 bits per heavy atom. The van der Waals surface area contributed by atoms with Crippen LogP contribution in [0, 0.1) is 0 Å². The maximum atomic E-state index is 12.6. The number of amides is 1. The van der Waals surface area contributed by atoms with Gasteiger partial charge in [-0.25, -0.2) is 4.68 Å². The van der Waals surface area contributed by atoms with Crippen molar-refractivity contribution < 1.29 is 14.3 Å². The van der Waals surface area contributed by atoms with Gasteiger partial charge < -0.3 is 14.8 Å². The number of carbonyl (C=O) groups excluding carboxylic acids is 1. The van der Waals surface area contributed by atoms with Crippen molar-refractivity contribution in [1.82, 2.24) is 14.8 Å². The van der Waals surface area contributed by atoms with E-state index in [1.807, 2.05) is 71.4 Å². The zero-order chi connectivity index (χ0) is 24.9. The van der Waals surface area contributed by atoms with Crippen molar-refractivity contribution in [1.29, 1.82) is 0 Å². The molecule has 0 fully saturated rings. The summed E-state index contributed by atoms with van der Waals surface area (Å²) in [5.74, 6) is 2.09. The number of methoxy groups -OCH3 is 2. The van der Waals surface area contributed by atoms with E-state index in [-0.39, 0.29) is 23.9 Å². The fraction of sp³-hybridized carbons (Fsp3) is 0.179. The first-order valence-corrected chi connectivity index (χ1v) is 11.7. The standard InChI is InChI=1S/C28H27N5O3/c1-35-22-13-8-19(9-14-22)10-17-26(34)30-27-31-28-29-24(20-6-4-3-5-7-20)18-25(33(28)32-27)21-11-15-23(36-2)16-12-21/h3-17,24-25H,18H2,1-2H3,(H2,29,30,31,32,34)/b17-10+/t24-,25-/m0/s1. The zero-order valence-corrected chi connectivity index (χ0v) is 20.1. The van der Waals surface area contributed by atoms with E-state index in [1.54, 1.807) is 20.3 Å². The second kappa shape index (κ2) is 10.4. The Labute approximate surface area is 209 Å². The molecule has 0 radical (unpaired) electrons. The van der Waals surface area contributed by atoms with Gasteiger partial charge in [0, 0.05) is 6.08 Å². The summed E-state index contributed by atoms with van der Waals surface area (Å²) in [6, 6.07) is 25.6. The van der Waals surface area contributed by atoms with Crippen molar-refractivity contribution in [3.63, 3.8) is 0 Å². The topological polar surface area (TPSA) is 90.3 Å². The number of rotatable bonds is 7. The summed E-state index contributed by atoms with van der Waals surface area (Å²) in [5, 5.41) is 10.9. The molecule has 182 valence electrons. The summed E-state index contributed by atoms with van der Waals surface area (Å²) < 4.78 is 12.3. The highest BCUT2D eigenvalue weighted by atomic mass is 16.5. The molecule has 1 aromatic heterocycles. The van der Waals surface area contributed by atoms with Gasteiger partial charge in [-0.15, -0.1) is 5.10 Å². The molecule has 0 bridgehead atoms. The Kier molecular flexibility index (Phi) is 6.66. The third kappa shape index (κ3) is 5.07. The number of fused-ring (bicyclic) bond motifs is 1. The molecular formula is C28H27N5O3. The molecule has 2 N–H and O–H groups in total. The molecule has 8 heteroatoms. The summed E-state index contributed by atoms with van der Waals surface area (Å²) >= 11 is 0. The highest BCUT2D eigenvalue weighted by molar-refractivity contribution is 6.00. The number of anilines is 2. The van der Waals surface area contributed by atoms with E-state index in [0.29, 0.717) is 5.95 Å². The van der Waals surface area contributed by atoms with Gasteiger partial charge in [0.2, 0.25) is 5.95 Å². The van der Waals surface area contributed by atoms with E-state index in [9.17, 15) is 4.79 Å². The van der Waals surface area contributed by atoms with Gasteiger partial charge in [-0.2, -0.15) is 4.98 Å². The van der Waals surface area contributed by atoms with Gasteiger partial charge in [-0.1, -0.05) is 54.6 Å². The van der Waals surface area contributed by atoms with Crippen LogP contribution in [0.15, 0.2) is 84.9 Å². The molecule has 36 heavy (non-hydrogen) atoms. The van der Waals surface area contributed by atoms with E-state index in [2.05, 4.69) is 32.8 Å². The smallest absolute Gasteiger partial charge is 0.250 e. The average Bonchev–Trinajstić information content (AvgIpc) is 3.34. The van der Waals surface area contributed by atoms with E-state index < -0.39 is 0 Å². The predicted molar refractivity (Wildman–Crippen MR) is 139 cm³/mol. The van der Waals surface area contributed by atoms with E-state index in [1.165, 1.54) is 11.6 Å². The minimum Gasteiger partial charge on any atom is -0.497 e. The fourth-order valence-corrected chi connectivity index (χ4v) is 4.28. The summed E-state index contributed by atoms with van der Waals surface area (Å²) in [7, 11) is 3.27. The van der Waals surface area contributed by atoms with Crippen molar-refractivity contribution in [2.45, 2.75) is 18.5 Å². The first kappa shape index (κ1) is 23.2. The molecule has 2 atom stereocenters. The summed E-state index contributed by atoms with van der Waals surface area (Å²) in [6.07, 6.45) is 3.97. The van der Waals surface area contributed by atoms with Crippen LogP contribution >= 0.6 is 0 Å². The third-order valence-corrected chi connectivity index (χ3v) is 6.17. The van der Waals surface area contributed by atoms with Gasteiger partial charge in [0.25, 0.3) is 11.9 Å².